The van der Waals surface area contributed by atoms with Gasteiger partial charge in [0.1, 0.15) is 6.04 Å². The van der Waals surface area contributed by atoms with Gasteiger partial charge in [0, 0.05) is 0 Å². The number of thiazole rings is 1. The first kappa shape index (κ1) is 13.9. The zero-order valence-corrected chi connectivity index (χ0v) is 11.6. The summed E-state index contributed by atoms with van der Waals surface area (Å²) < 4.78 is 0.784. The van der Waals surface area contributed by atoms with E-state index in [1.54, 1.807) is 20.0 Å². The highest BCUT2D eigenvalue weighted by Gasteiger charge is 2.23. The molecule has 0 aliphatic carbocycles. The fourth-order valence-electron chi connectivity index (χ4n) is 1.10. The van der Waals surface area contributed by atoms with Crippen LogP contribution in [0.25, 0.3) is 0 Å². The second kappa shape index (κ2) is 5.97. The summed E-state index contributed by atoms with van der Waals surface area (Å²) in [5.74, 6) is -1.25. The Hall–Kier alpha value is -1.15. The molecule has 2 amide bonds. The summed E-state index contributed by atoms with van der Waals surface area (Å²) in [7, 11) is 0. The quantitative estimate of drug-likeness (QED) is 0.792. The van der Waals surface area contributed by atoms with E-state index in [9.17, 15) is 9.59 Å². The van der Waals surface area contributed by atoms with Crippen LogP contribution < -0.4 is 10.6 Å². The highest BCUT2D eigenvalue weighted by molar-refractivity contribution is 9.11. The molecule has 1 rings (SSSR count). The van der Waals surface area contributed by atoms with E-state index in [1.807, 2.05) is 0 Å². The molecule has 0 aromatic carbocycles. The number of amides is 2. The summed E-state index contributed by atoms with van der Waals surface area (Å²) in [5, 5.41) is 14.1. The molecular formula is C9H12BrN3O3S. The number of carbonyl (C=O) groups excluding carboxylic acids is 1. The van der Waals surface area contributed by atoms with Crippen molar-refractivity contribution in [3.05, 3.63) is 9.98 Å². The monoisotopic (exact) mass is 321 g/mol. The fraction of sp³-hybridized carbons (Fsp3) is 0.444. The van der Waals surface area contributed by atoms with E-state index in [0.29, 0.717) is 5.13 Å². The summed E-state index contributed by atoms with van der Waals surface area (Å²) in [6.07, 6.45) is 1.55. The molecule has 6 nitrogen and oxygen atoms in total. The third-order valence-electron chi connectivity index (χ3n) is 1.92. The Balaban J connectivity index is 2.56. The number of carboxylic acid groups (broad SMARTS) is 1. The van der Waals surface area contributed by atoms with E-state index < -0.39 is 18.0 Å². The van der Waals surface area contributed by atoms with Gasteiger partial charge in [-0.3, -0.25) is 5.32 Å². The van der Waals surface area contributed by atoms with Crippen molar-refractivity contribution in [2.45, 2.75) is 19.9 Å². The van der Waals surface area contributed by atoms with E-state index in [2.05, 4.69) is 31.5 Å². The third kappa shape index (κ3) is 4.31. The van der Waals surface area contributed by atoms with E-state index in [4.69, 9.17) is 5.11 Å². The number of carbonyl (C=O) groups is 2. The molecule has 8 heteroatoms. The Morgan fingerprint density at radius 3 is 2.59 bits per heavy atom. The first-order chi connectivity index (χ1) is 7.90. The third-order valence-corrected chi connectivity index (χ3v) is 3.31. The fourth-order valence-corrected chi connectivity index (χ4v) is 2.20. The molecule has 0 saturated heterocycles. The van der Waals surface area contributed by atoms with Gasteiger partial charge in [0.15, 0.2) is 5.13 Å². The Morgan fingerprint density at radius 1 is 1.53 bits per heavy atom. The maximum atomic E-state index is 11.5. The number of aromatic nitrogens is 1. The Labute approximate surface area is 111 Å². The van der Waals surface area contributed by atoms with Crippen molar-refractivity contribution in [2.24, 2.45) is 5.92 Å². The van der Waals surface area contributed by atoms with Crippen LogP contribution in [0.4, 0.5) is 9.93 Å². The van der Waals surface area contributed by atoms with Crippen LogP contribution in [0, 0.1) is 5.92 Å². The van der Waals surface area contributed by atoms with Gasteiger partial charge in [-0.2, -0.15) is 0 Å². The number of halogens is 1. The highest BCUT2D eigenvalue weighted by Crippen LogP contribution is 2.22. The minimum absolute atomic E-state index is 0.193. The predicted molar refractivity (Wildman–Crippen MR) is 68.2 cm³/mol. The average Bonchev–Trinajstić information content (AvgIpc) is 2.59. The Bertz CT molecular complexity index is 421. The van der Waals surface area contributed by atoms with Crippen LogP contribution in [0.2, 0.25) is 0 Å². The normalized spacial score (nSPS) is 12.2. The number of nitrogens with one attached hydrogen (secondary N) is 2. The van der Waals surface area contributed by atoms with Gasteiger partial charge < -0.3 is 10.4 Å². The van der Waals surface area contributed by atoms with Gasteiger partial charge in [-0.15, -0.1) is 0 Å². The maximum Gasteiger partial charge on any atom is 0.326 e. The van der Waals surface area contributed by atoms with E-state index in [-0.39, 0.29) is 5.92 Å². The number of nitrogens with zero attached hydrogens (tertiary/aromatic N) is 1. The number of carboxylic acids is 1. The van der Waals surface area contributed by atoms with Crippen LogP contribution in [0.3, 0.4) is 0 Å². The first-order valence-corrected chi connectivity index (χ1v) is 6.42. The van der Waals surface area contributed by atoms with Crippen molar-refractivity contribution in [3.63, 3.8) is 0 Å². The molecule has 0 saturated carbocycles. The van der Waals surface area contributed by atoms with Crippen LogP contribution in [-0.4, -0.2) is 28.1 Å². The van der Waals surface area contributed by atoms with Gasteiger partial charge in [-0.05, 0) is 21.8 Å². The molecule has 94 valence electrons. The number of hydrogen-bond acceptors (Lipinski definition) is 4. The lowest BCUT2D eigenvalue weighted by atomic mass is 10.1. The molecule has 1 atom stereocenters. The summed E-state index contributed by atoms with van der Waals surface area (Å²) in [5.41, 5.74) is 0. The SMILES string of the molecule is CC(C)C(NC(=O)Nc1ncc(Br)s1)C(=O)O. The molecule has 0 fully saturated rings. The van der Waals surface area contributed by atoms with Crippen molar-refractivity contribution >= 4 is 44.4 Å². The number of anilines is 1. The molecule has 0 radical (unpaired) electrons. The largest absolute Gasteiger partial charge is 0.480 e. The van der Waals surface area contributed by atoms with Crippen molar-refractivity contribution in [3.8, 4) is 0 Å². The van der Waals surface area contributed by atoms with Gasteiger partial charge in [-0.25, -0.2) is 14.6 Å². The van der Waals surface area contributed by atoms with Crippen LogP contribution in [0.5, 0.6) is 0 Å². The summed E-state index contributed by atoms with van der Waals surface area (Å²) in [6, 6.07) is -1.49. The minimum Gasteiger partial charge on any atom is -0.480 e. The lowest BCUT2D eigenvalue weighted by molar-refractivity contribution is -0.140. The zero-order chi connectivity index (χ0) is 13.0. The Morgan fingerprint density at radius 2 is 2.18 bits per heavy atom. The van der Waals surface area contributed by atoms with Crippen molar-refractivity contribution < 1.29 is 14.7 Å². The molecule has 0 aliphatic heterocycles. The molecule has 1 aromatic heterocycles. The predicted octanol–water partition coefficient (Wildman–Crippen LogP) is 2.14. The molecular weight excluding hydrogens is 310 g/mol. The van der Waals surface area contributed by atoms with Crippen LogP contribution in [0.1, 0.15) is 13.8 Å². The number of urea groups is 1. The van der Waals surface area contributed by atoms with Gasteiger partial charge in [0.25, 0.3) is 0 Å². The molecule has 1 unspecified atom stereocenters. The topological polar surface area (TPSA) is 91.3 Å². The van der Waals surface area contributed by atoms with Crippen LogP contribution in [0.15, 0.2) is 9.98 Å². The molecule has 0 aliphatic rings. The van der Waals surface area contributed by atoms with Gasteiger partial charge in [0.2, 0.25) is 0 Å². The number of aliphatic carboxylic acids is 1. The molecule has 1 heterocycles. The lowest BCUT2D eigenvalue weighted by Crippen LogP contribution is -2.46. The van der Waals surface area contributed by atoms with Crippen molar-refractivity contribution in [1.29, 1.82) is 0 Å². The van der Waals surface area contributed by atoms with E-state index in [0.717, 1.165) is 3.79 Å². The van der Waals surface area contributed by atoms with Crippen LogP contribution >= 0.6 is 27.3 Å². The van der Waals surface area contributed by atoms with Crippen molar-refractivity contribution in [1.82, 2.24) is 10.3 Å². The number of hydrogen-bond donors (Lipinski definition) is 3. The molecule has 1 aromatic rings. The van der Waals surface area contributed by atoms with E-state index in [1.165, 1.54) is 11.3 Å². The maximum absolute atomic E-state index is 11.5. The highest BCUT2D eigenvalue weighted by atomic mass is 79.9. The van der Waals surface area contributed by atoms with Gasteiger partial charge in [-0.1, -0.05) is 25.2 Å². The van der Waals surface area contributed by atoms with Crippen molar-refractivity contribution in [2.75, 3.05) is 5.32 Å². The lowest BCUT2D eigenvalue weighted by Gasteiger charge is -2.17. The number of rotatable bonds is 4. The summed E-state index contributed by atoms with van der Waals surface area (Å²) >= 11 is 4.46. The molecule has 3 N–H and O–H groups in total. The smallest absolute Gasteiger partial charge is 0.326 e. The Kier molecular flexibility index (Phi) is 4.88. The first-order valence-electron chi connectivity index (χ1n) is 4.81. The molecule has 0 spiro atoms. The average molecular weight is 322 g/mol. The van der Waals surface area contributed by atoms with Crippen LogP contribution in [-0.2, 0) is 4.79 Å². The van der Waals surface area contributed by atoms with Gasteiger partial charge in [0.05, 0.1) is 9.98 Å². The van der Waals surface area contributed by atoms with E-state index >= 15 is 0 Å². The second-order valence-corrected chi connectivity index (χ2v) is 6.04. The molecule has 17 heavy (non-hydrogen) atoms. The summed E-state index contributed by atoms with van der Waals surface area (Å²) in [6.45, 7) is 3.44. The zero-order valence-electron chi connectivity index (χ0n) is 9.23. The summed E-state index contributed by atoms with van der Waals surface area (Å²) in [4.78, 5) is 26.3. The minimum atomic E-state index is -1.06. The van der Waals surface area contributed by atoms with Gasteiger partial charge >= 0.3 is 12.0 Å². The molecule has 0 bridgehead atoms. The standard InChI is InChI=1S/C9H12BrN3O3S/c1-4(2)6(7(14)15)12-8(16)13-9-11-3-5(10)17-9/h3-4,6H,1-2H3,(H,14,15)(H2,11,12,13,16). The second-order valence-electron chi connectivity index (χ2n) is 3.63.